The van der Waals surface area contributed by atoms with E-state index in [4.69, 9.17) is 9.47 Å². The lowest BCUT2D eigenvalue weighted by Crippen LogP contribution is -2.35. The Bertz CT molecular complexity index is 955. The number of nitrogens with one attached hydrogen (secondary N) is 2. The zero-order valence-electron chi connectivity index (χ0n) is 16.2. The van der Waals surface area contributed by atoms with E-state index in [0.29, 0.717) is 23.7 Å². The van der Waals surface area contributed by atoms with E-state index in [0.717, 1.165) is 23.3 Å². The van der Waals surface area contributed by atoms with Crippen molar-refractivity contribution >= 4 is 23.3 Å². The van der Waals surface area contributed by atoms with Crippen molar-refractivity contribution in [3.05, 3.63) is 47.5 Å². The van der Waals surface area contributed by atoms with Crippen molar-refractivity contribution in [2.24, 2.45) is 0 Å². The fraction of sp³-hybridized carbons (Fsp3) is 0.333. The lowest BCUT2D eigenvalue weighted by Gasteiger charge is -2.26. The molecule has 146 valence electrons. The van der Waals surface area contributed by atoms with E-state index >= 15 is 0 Å². The molecule has 7 nitrogen and oxygen atoms in total. The molecule has 2 heterocycles. The van der Waals surface area contributed by atoms with E-state index in [1.165, 1.54) is 0 Å². The number of amides is 3. The molecule has 0 saturated heterocycles. The van der Waals surface area contributed by atoms with Crippen LogP contribution in [0.15, 0.2) is 36.4 Å². The van der Waals surface area contributed by atoms with Crippen LogP contribution in [0.5, 0.6) is 11.5 Å². The van der Waals surface area contributed by atoms with Crippen LogP contribution in [0.2, 0.25) is 0 Å². The molecule has 0 bridgehead atoms. The van der Waals surface area contributed by atoms with Gasteiger partial charge in [0.2, 0.25) is 0 Å². The predicted octanol–water partition coefficient (Wildman–Crippen LogP) is 3.08. The first-order valence-electron chi connectivity index (χ1n) is 9.20. The van der Waals surface area contributed by atoms with Crippen molar-refractivity contribution in [2.75, 3.05) is 23.9 Å². The number of nitrogens with zero attached hydrogens (tertiary/aromatic N) is 1. The van der Waals surface area contributed by atoms with Gasteiger partial charge in [-0.15, -0.1) is 0 Å². The summed E-state index contributed by atoms with van der Waals surface area (Å²) >= 11 is 0. The molecule has 28 heavy (non-hydrogen) atoms. The van der Waals surface area contributed by atoms with Crippen LogP contribution in [0.3, 0.4) is 0 Å². The Balaban J connectivity index is 1.36. The van der Waals surface area contributed by atoms with Crippen LogP contribution in [0.4, 0.5) is 16.2 Å². The summed E-state index contributed by atoms with van der Waals surface area (Å²) in [6.07, 6.45) is 0.856. The van der Waals surface area contributed by atoms with Gasteiger partial charge in [-0.3, -0.25) is 4.79 Å². The second-order valence-corrected chi connectivity index (χ2v) is 7.71. The van der Waals surface area contributed by atoms with E-state index in [1.54, 1.807) is 30.1 Å². The number of likely N-dealkylation sites (N-methyl/N-ethyl adjacent to an activating group) is 1. The first kappa shape index (κ1) is 18.2. The number of fused-ring (bicyclic) bond motifs is 2. The molecule has 2 aliphatic rings. The average Bonchev–Trinajstić information content (AvgIpc) is 2.96. The Morgan fingerprint density at radius 2 is 2.00 bits per heavy atom. The Labute approximate surface area is 163 Å². The number of ether oxygens (including phenoxy) is 2. The van der Waals surface area contributed by atoms with Crippen molar-refractivity contribution in [2.45, 2.75) is 32.4 Å². The highest BCUT2D eigenvalue weighted by molar-refractivity contribution is 5.98. The number of hydrogen-bond donors (Lipinski definition) is 2. The normalized spacial score (nSPS) is 16.5. The van der Waals surface area contributed by atoms with Crippen LogP contribution in [-0.2, 0) is 17.8 Å². The molecule has 2 N–H and O–H groups in total. The largest absolute Gasteiger partial charge is 0.487 e. The molecule has 2 aromatic rings. The van der Waals surface area contributed by atoms with Crippen molar-refractivity contribution < 1.29 is 19.1 Å². The van der Waals surface area contributed by atoms with Crippen LogP contribution in [0.25, 0.3) is 0 Å². The number of carbonyl (C=O) groups is 2. The standard InChI is InChI=1S/C21H23N3O4/c1-21(2)10-14-8-13(4-7-17(14)28-21)11-22-20(26)23-15-5-6-16-18(9-15)27-12-19(25)24(16)3/h4-9H,10-12H2,1-3H3,(H2,22,23,26). The van der Waals surface area contributed by atoms with E-state index in [1.807, 2.05) is 12.1 Å². The number of urea groups is 1. The maximum Gasteiger partial charge on any atom is 0.319 e. The second kappa shape index (κ2) is 6.74. The predicted molar refractivity (Wildman–Crippen MR) is 106 cm³/mol. The number of hydrogen-bond acceptors (Lipinski definition) is 4. The SMILES string of the molecule is CN1C(=O)COc2cc(NC(=O)NCc3ccc4c(c3)CC(C)(C)O4)ccc21. The minimum Gasteiger partial charge on any atom is -0.487 e. The van der Waals surface area contributed by atoms with Crippen LogP contribution in [0, 0.1) is 0 Å². The smallest absolute Gasteiger partial charge is 0.319 e. The highest BCUT2D eigenvalue weighted by Crippen LogP contribution is 2.35. The first-order valence-corrected chi connectivity index (χ1v) is 9.20. The first-order chi connectivity index (χ1) is 13.3. The topological polar surface area (TPSA) is 79.9 Å². The summed E-state index contributed by atoms with van der Waals surface area (Å²) in [6.45, 7) is 4.54. The summed E-state index contributed by atoms with van der Waals surface area (Å²) in [6, 6.07) is 10.9. The number of benzene rings is 2. The fourth-order valence-corrected chi connectivity index (χ4v) is 3.49. The van der Waals surface area contributed by atoms with Crippen molar-refractivity contribution in [3.63, 3.8) is 0 Å². The van der Waals surface area contributed by atoms with Gasteiger partial charge in [0.05, 0.1) is 5.69 Å². The summed E-state index contributed by atoms with van der Waals surface area (Å²) in [5.74, 6) is 1.38. The molecule has 2 aromatic carbocycles. The molecule has 0 spiro atoms. The fourth-order valence-electron chi connectivity index (χ4n) is 3.49. The van der Waals surface area contributed by atoms with Crippen LogP contribution >= 0.6 is 0 Å². The second-order valence-electron chi connectivity index (χ2n) is 7.71. The maximum atomic E-state index is 12.3. The maximum absolute atomic E-state index is 12.3. The summed E-state index contributed by atoms with van der Waals surface area (Å²) in [5, 5.41) is 5.65. The van der Waals surface area contributed by atoms with E-state index < -0.39 is 0 Å². The van der Waals surface area contributed by atoms with Gasteiger partial charge in [-0.25, -0.2) is 4.79 Å². The van der Waals surface area contributed by atoms with Crippen LogP contribution in [0.1, 0.15) is 25.0 Å². The van der Waals surface area contributed by atoms with Gasteiger partial charge < -0.3 is 25.0 Å². The lowest BCUT2D eigenvalue weighted by atomic mass is 10.0. The quantitative estimate of drug-likeness (QED) is 0.856. The number of rotatable bonds is 3. The third-order valence-corrected chi connectivity index (χ3v) is 4.88. The third kappa shape index (κ3) is 3.60. The summed E-state index contributed by atoms with van der Waals surface area (Å²) in [5.41, 5.74) is 3.28. The molecule has 3 amide bonds. The van der Waals surface area contributed by atoms with Crippen molar-refractivity contribution in [1.82, 2.24) is 5.32 Å². The van der Waals surface area contributed by atoms with E-state index in [-0.39, 0.29) is 24.1 Å². The highest BCUT2D eigenvalue weighted by Gasteiger charge is 2.29. The molecule has 0 saturated carbocycles. The van der Waals surface area contributed by atoms with Gasteiger partial charge in [0.1, 0.15) is 17.1 Å². The Kier molecular flexibility index (Phi) is 4.37. The summed E-state index contributed by atoms with van der Waals surface area (Å²) in [4.78, 5) is 25.5. The van der Waals surface area contributed by atoms with Gasteiger partial charge in [0.15, 0.2) is 6.61 Å². The van der Waals surface area contributed by atoms with Gasteiger partial charge in [-0.1, -0.05) is 12.1 Å². The number of anilines is 2. The van der Waals surface area contributed by atoms with Crippen molar-refractivity contribution in [3.8, 4) is 11.5 Å². The Morgan fingerprint density at radius 3 is 2.82 bits per heavy atom. The Hall–Kier alpha value is -3.22. The molecule has 7 heteroatoms. The van der Waals surface area contributed by atoms with Gasteiger partial charge in [-0.2, -0.15) is 0 Å². The minimum absolute atomic E-state index is 0.00199. The zero-order valence-corrected chi connectivity index (χ0v) is 16.2. The van der Waals surface area contributed by atoms with Crippen molar-refractivity contribution in [1.29, 1.82) is 0 Å². The molecule has 2 aliphatic heterocycles. The van der Waals surface area contributed by atoms with Crippen LogP contribution < -0.4 is 25.0 Å². The zero-order chi connectivity index (χ0) is 19.9. The van der Waals surface area contributed by atoms with E-state index in [9.17, 15) is 9.59 Å². The average molecular weight is 381 g/mol. The van der Waals surface area contributed by atoms with Gasteiger partial charge >= 0.3 is 6.03 Å². The molecule has 0 unspecified atom stereocenters. The summed E-state index contributed by atoms with van der Waals surface area (Å²) in [7, 11) is 1.70. The molecule has 4 rings (SSSR count). The molecule has 0 atom stereocenters. The minimum atomic E-state index is -0.308. The van der Waals surface area contributed by atoms with Gasteiger partial charge in [0.25, 0.3) is 5.91 Å². The van der Waals surface area contributed by atoms with Gasteiger partial charge in [0, 0.05) is 31.8 Å². The lowest BCUT2D eigenvalue weighted by molar-refractivity contribution is -0.120. The molecule has 0 fully saturated rings. The van der Waals surface area contributed by atoms with Crippen LogP contribution in [-0.4, -0.2) is 31.2 Å². The Morgan fingerprint density at radius 1 is 1.18 bits per heavy atom. The molecular formula is C21H23N3O4. The number of carbonyl (C=O) groups excluding carboxylic acids is 2. The molecule has 0 aliphatic carbocycles. The third-order valence-electron chi connectivity index (χ3n) is 4.88. The molecule has 0 aromatic heterocycles. The monoisotopic (exact) mass is 381 g/mol. The summed E-state index contributed by atoms with van der Waals surface area (Å²) < 4.78 is 11.3. The van der Waals surface area contributed by atoms with Gasteiger partial charge in [-0.05, 0) is 43.2 Å². The molecule has 0 radical (unpaired) electrons. The molecular weight excluding hydrogens is 358 g/mol. The van der Waals surface area contributed by atoms with E-state index in [2.05, 4.69) is 30.5 Å². The highest BCUT2D eigenvalue weighted by atomic mass is 16.5.